The molecule has 3 aliphatic rings. The van der Waals surface area contributed by atoms with Gasteiger partial charge in [0.1, 0.15) is 0 Å². The lowest BCUT2D eigenvalue weighted by atomic mass is 9.85. The number of nitrogens with zero attached hydrogens (tertiary/aromatic N) is 2. The molecule has 0 aromatic heterocycles. The maximum atomic E-state index is 12.7. The van der Waals surface area contributed by atoms with Gasteiger partial charge in [-0.15, -0.1) is 0 Å². The fourth-order valence-corrected chi connectivity index (χ4v) is 4.54. The maximum Gasteiger partial charge on any atom is 0.308 e. The van der Waals surface area contributed by atoms with Gasteiger partial charge < -0.3 is 9.64 Å². The number of rotatable bonds is 5. The summed E-state index contributed by atoms with van der Waals surface area (Å²) in [4.78, 5) is 52.8. The van der Waals surface area contributed by atoms with Crippen LogP contribution in [0.15, 0.2) is 36.4 Å². The van der Waals surface area contributed by atoms with Gasteiger partial charge in [-0.3, -0.25) is 24.1 Å². The number of hydrogen-bond acceptors (Lipinski definition) is 5. The number of esters is 1. The predicted molar refractivity (Wildman–Crippen MR) is 108 cm³/mol. The highest BCUT2D eigenvalue weighted by Gasteiger charge is 2.47. The molecule has 7 heteroatoms. The van der Waals surface area contributed by atoms with Crippen molar-refractivity contribution in [1.29, 1.82) is 0 Å². The predicted octanol–water partition coefficient (Wildman–Crippen LogP) is 1.84. The van der Waals surface area contributed by atoms with Crippen LogP contribution in [0.2, 0.25) is 0 Å². The van der Waals surface area contributed by atoms with Crippen molar-refractivity contribution < 1.29 is 23.9 Å². The summed E-state index contributed by atoms with van der Waals surface area (Å²) < 4.78 is 5.31. The molecule has 3 atom stereocenters. The van der Waals surface area contributed by atoms with Gasteiger partial charge in [0.05, 0.1) is 18.3 Å². The van der Waals surface area contributed by atoms with Crippen molar-refractivity contribution in [3.63, 3.8) is 0 Å². The molecule has 7 nitrogen and oxygen atoms in total. The van der Waals surface area contributed by atoms with E-state index in [1.54, 1.807) is 11.8 Å². The quantitative estimate of drug-likeness (QED) is 0.420. The van der Waals surface area contributed by atoms with Gasteiger partial charge in [0.25, 0.3) is 5.91 Å². The Bertz CT molecular complexity index is 883. The van der Waals surface area contributed by atoms with Gasteiger partial charge in [-0.1, -0.05) is 36.4 Å². The third-order valence-electron chi connectivity index (χ3n) is 6.24. The Kier molecular flexibility index (Phi) is 5.70. The second-order valence-corrected chi connectivity index (χ2v) is 8.14. The Morgan fingerprint density at radius 3 is 2.37 bits per heavy atom. The van der Waals surface area contributed by atoms with Crippen molar-refractivity contribution >= 4 is 23.7 Å². The lowest BCUT2D eigenvalue weighted by Crippen LogP contribution is -2.43. The molecule has 0 radical (unpaired) electrons. The monoisotopic (exact) mass is 410 g/mol. The average molecular weight is 410 g/mol. The standard InChI is InChI=1S/C23H26N2O5/c1-15(21(27)24-12-10-16-6-2-3-7-17(16)14-24)30-20(26)11-13-25-22(28)18-8-4-5-9-19(18)23(25)29/h2-7,15,18-19H,8-14H2,1H3/t15-,18+,19+/m0/s1. The largest absolute Gasteiger partial charge is 0.452 e. The molecule has 0 spiro atoms. The van der Waals surface area contributed by atoms with Crippen molar-refractivity contribution in [2.45, 2.75) is 45.3 Å². The van der Waals surface area contributed by atoms with E-state index >= 15 is 0 Å². The molecule has 30 heavy (non-hydrogen) atoms. The van der Waals surface area contributed by atoms with Crippen LogP contribution in [0.4, 0.5) is 0 Å². The molecule has 4 rings (SSSR count). The molecule has 1 fully saturated rings. The van der Waals surface area contributed by atoms with E-state index in [0.717, 1.165) is 12.0 Å². The van der Waals surface area contributed by atoms with E-state index in [0.29, 0.717) is 25.9 Å². The molecule has 2 aliphatic heterocycles. The Balaban J connectivity index is 1.27. The molecule has 158 valence electrons. The molecule has 1 aromatic carbocycles. The second-order valence-electron chi connectivity index (χ2n) is 8.14. The molecule has 0 bridgehead atoms. The smallest absolute Gasteiger partial charge is 0.308 e. The molecule has 1 saturated heterocycles. The first-order chi connectivity index (χ1) is 14.5. The summed E-state index contributed by atoms with van der Waals surface area (Å²) in [5.74, 6) is -1.84. The number of carbonyl (C=O) groups excluding carboxylic acids is 4. The zero-order valence-electron chi connectivity index (χ0n) is 17.1. The fourth-order valence-electron chi connectivity index (χ4n) is 4.54. The third-order valence-corrected chi connectivity index (χ3v) is 6.24. The molecule has 3 amide bonds. The van der Waals surface area contributed by atoms with Crippen LogP contribution in [-0.4, -0.2) is 52.7 Å². The number of carbonyl (C=O) groups is 4. The van der Waals surface area contributed by atoms with E-state index in [1.807, 2.05) is 30.4 Å². The summed E-state index contributed by atoms with van der Waals surface area (Å²) in [7, 11) is 0. The fraction of sp³-hybridized carbons (Fsp3) is 0.478. The highest BCUT2D eigenvalue weighted by molar-refractivity contribution is 6.05. The zero-order valence-corrected chi connectivity index (χ0v) is 17.1. The number of amides is 3. The van der Waals surface area contributed by atoms with Crippen LogP contribution in [0.3, 0.4) is 0 Å². The topological polar surface area (TPSA) is 84.0 Å². The summed E-state index contributed by atoms with van der Waals surface area (Å²) in [5.41, 5.74) is 2.35. The number of likely N-dealkylation sites (tertiary alicyclic amines) is 1. The van der Waals surface area contributed by atoms with Crippen LogP contribution in [0.5, 0.6) is 0 Å². The zero-order chi connectivity index (χ0) is 21.3. The number of ether oxygens (including phenoxy) is 1. The number of fused-ring (bicyclic) bond motifs is 2. The average Bonchev–Trinajstić information content (AvgIpc) is 3.01. The molecule has 1 aromatic rings. The van der Waals surface area contributed by atoms with Gasteiger partial charge in [-0.2, -0.15) is 0 Å². The highest BCUT2D eigenvalue weighted by Crippen LogP contribution is 2.35. The van der Waals surface area contributed by atoms with Crippen molar-refractivity contribution in [3.05, 3.63) is 47.5 Å². The van der Waals surface area contributed by atoms with Gasteiger partial charge in [0.2, 0.25) is 11.8 Å². The number of imide groups is 1. The first-order valence-corrected chi connectivity index (χ1v) is 10.5. The van der Waals surface area contributed by atoms with Crippen LogP contribution in [0, 0.1) is 11.8 Å². The Hall–Kier alpha value is -2.96. The normalized spacial score (nSPS) is 23.8. The lowest BCUT2D eigenvalue weighted by molar-refractivity contribution is -0.160. The summed E-state index contributed by atoms with van der Waals surface area (Å²) in [5, 5.41) is 0. The Morgan fingerprint density at radius 2 is 1.70 bits per heavy atom. The molecule has 0 saturated carbocycles. The van der Waals surface area contributed by atoms with E-state index in [-0.39, 0.29) is 42.5 Å². The first-order valence-electron chi connectivity index (χ1n) is 10.5. The molecule has 2 heterocycles. The van der Waals surface area contributed by atoms with Gasteiger partial charge >= 0.3 is 5.97 Å². The SMILES string of the molecule is C[C@H](OC(=O)CCN1C(=O)[C@@H]2CC=CC[C@H]2C1=O)C(=O)N1CCc2ccccc2C1. The third kappa shape index (κ3) is 3.88. The van der Waals surface area contributed by atoms with E-state index in [9.17, 15) is 19.2 Å². The van der Waals surface area contributed by atoms with Gasteiger partial charge in [-0.25, -0.2) is 0 Å². The number of allylic oxidation sites excluding steroid dienone is 2. The van der Waals surface area contributed by atoms with Crippen LogP contribution >= 0.6 is 0 Å². The van der Waals surface area contributed by atoms with Gasteiger partial charge in [0, 0.05) is 19.6 Å². The van der Waals surface area contributed by atoms with Crippen molar-refractivity contribution in [2.75, 3.05) is 13.1 Å². The Labute approximate surface area is 175 Å². The van der Waals surface area contributed by atoms with E-state index in [4.69, 9.17) is 4.74 Å². The summed E-state index contributed by atoms with van der Waals surface area (Å²) in [6, 6.07) is 8.00. The summed E-state index contributed by atoms with van der Waals surface area (Å²) in [6.07, 6.45) is 4.76. The number of benzene rings is 1. The molecule has 0 unspecified atom stereocenters. The lowest BCUT2D eigenvalue weighted by Gasteiger charge is -2.30. The van der Waals surface area contributed by atoms with Crippen molar-refractivity contribution in [3.8, 4) is 0 Å². The summed E-state index contributed by atoms with van der Waals surface area (Å²) >= 11 is 0. The highest BCUT2D eigenvalue weighted by atomic mass is 16.5. The minimum Gasteiger partial charge on any atom is -0.452 e. The first kappa shape index (κ1) is 20.3. The van der Waals surface area contributed by atoms with E-state index in [1.165, 1.54) is 10.5 Å². The molecule has 1 aliphatic carbocycles. The van der Waals surface area contributed by atoms with Crippen molar-refractivity contribution in [2.24, 2.45) is 11.8 Å². The maximum absolute atomic E-state index is 12.7. The summed E-state index contributed by atoms with van der Waals surface area (Å²) in [6.45, 7) is 2.66. The molecular weight excluding hydrogens is 384 g/mol. The van der Waals surface area contributed by atoms with Crippen LogP contribution in [0.1, 0.15) is 37.3 Å². The van der Waals surface area contributed by atoms with Crippen LogP contribution in [-0.2, 0) is 36.9 Å². The van der Waals surface area contributed by atoms with Gasteiger partial charge in [0.15, 0.2) is 6.10 Å². The minimum atomic E-state index is -0.903. The van der Waals surface area contributed by atoms with E-state index in [2.05, 4.69) is 6.07 Å². The number of hydrogen-bond donors (Lipinski definition) is 0. The van der Waals surface area contributed by atoms with Gasteiger partial charge in [-0.05, 0) is 37.3 Å². The van der Waals surface area contributed by atoms with Crippen molar-refractivity contribution in [1.82, 2.24) is 9.80 Å². The Morgan fingerprint density at radius 1 is 1.07 bits per heavy atom. The van der Waals surface area contributed by atoms with Crippen LogP contribution < -0.4 is 0 Å². The minimum absolute atomic E-state index is 0.00149. The second kappa shape index (κ2) is 8.42. The van der Waals surface area contributed by atoms with Crippen LogP contribution in [0.25, 0.3) is 0 Å². The molecule has 0 N–H and O–H groups in total. The van der Waals surface area contributed by atoms with E-state index < -0.39 is 12.1 Å². The molecular formula is C23H26N2O5.